The van der Waals surface area contributed by atoms with E-state index in [1.54, 1.807) is 36.4 Å². The van der Waals surface area contributed by atoms with E-state index in [-0.39, 0.29) is 12.1 Å². The van der Waals surface area contributed by atoms with Gasteiger partial charge in [0.1, 0.15) is 0 Å². The number of nitrogens with one attached hydrogen (secondary N) is 2. The maximum Gasteiger partial charge on any atom is 0.315 e. The van der Waals surface area contributed by atoms with Crippen LogP contribution in [0.2, 0.25) is 0 Å². The van der Waals surface area contributed by atoms with E-state index in [2.05, 4.69) is 10.6 Å². The zero-order valence-electron chi connectivity index (χ0n) is 11.2. The van der Waals surface area contributed by atoms with Crippen molar-refractivity contribution in [3.05, 3.63) is 47.5 Å². The zero-order valence-corrected chi connectivity index (χ0v) is 11.2. The standard InChI is InChI=1S/C15H15N3O3/c16-8-10-1-3-11(4-2-10)9-17-15(21)18-13-6-5-12(7-13)14(19)20/h1-6,12-13H,7,9H2,(H,19,20)(H2,17,18,21). The average Bonchev–Trinajstić information content (AvgIpc) is 2.94. The minimum atomic E-state index is -0.881. The molecule has 2 rings (SSSR count). The van der Waals surface area contributed by atoms with Crippen LogP contribution in [0.4, 0.5) is 4.79 Å². The quantitative estimate of drug-likeness (QED) is 0.727. The number of aliphatic carboxylic acids is 1. The fourth-order valence-electron chi connectivity index (χ4n) is 2.09. The molecule has 0 heterocycles. The van der Waals surface area contributed by atoms with Crippen LogP contribution in [0.25, 0.3) is 0 Å². The maximum absolute atomic E-state index is 11.7. The number of urea groups is 1. The topological polar surface area (TPSA) is 102 Å². The number of rotatable bonds is 4. The molecule has 1 aromatic rings. The number of carboxylic acids is 1. The number of carbonyl (C=O) groups excluding carboxylic acids is 1. The molecule has 0 bridgehead atoms. The summed E-state index contributed by atoms with van der Waals surface area (Å²) in [7, 11) is 0. The van der Waals surface area contributed by atoms with Crippen LogP contribution < -0.4 is 10.6 Å². The molecule has 0 radical (unpaired) electrons. The van der Waals surface area contributed by atoms with Crippen LogP contribution in [-0.4, -0.2) is 23.1 Å². The number of nitriles is 1. The van der Waals surface area contributed by atoms with Crippen molar-refractivity contribution in [3.8, 4) is 6.07 Å². The van der Waals surface area contributed by atoms with E-state index in [9.17, 15) is 9.59 Å². The largest absolute Gasteiger partial charge is 0.481 e. The van der Waals surface area contributed by atoms with E-state index in [0.717, 1.165) is 5.56 Å². The lowest BCUT2D eigenvalue weighted by molar-refractivity contribution is -0.140. The van der Waals surface area contributed by atoms with Gasteiger partial charge in [0.15, 0.2) is 0 Å². The molecule has 2 atom stereocenters. The highest BCUT2D eigenvalue weighted by Crippen LogP contribution is 2.17. The van der Waals surface area contributed by atoms with Gasteiger partial charge in [-0.15, -0.1) is 0 Å². The Bertz CT molecular complexity index is 602. The van der Waals surface area contributed by atoms with Crippen molar-refractivity contribution in [2.75, 3.05) is 0 Å². The Morgan fingerprint density at radius 1 is 1.29 bits per heavy atom. The monoisotopic (exact) mass is 285 g/mol. The summed E-state index contributed by atoms with van der Waals surface area (Å²) in [6, 6.07) is 8.34. The molecule has 1 aromatic carbocycles. The number of benzene rings is 1. The Kier molecular flexibility index (Phi) is 4.57. The third-order valence-electron chi connectivity index (χ3n) is 3.25. The number of hydrogen-bond donors (Lipinski definition) is 3. The summed E-state index contributed by atoms with van der Waals surface area (Å²) in [6.07, 6.45) is 3.66. The first-order valence-corrected chi connectivity index (χ1v) is 6.53. The first-order chi connectivity index (χ1) is 10.1. The number of nitrogens with zero attached hydrogens (tertiary/aromatic N) is 1. The molecule has 0 saturated carbocycles. The van der Waals surface area contributed by atoms with Crippen molar-refractivity contribution in [2.45, 2.75) is 19.0 Å². The van der Waals surface area contributed by atoms with Gasteiger partial charge in [-0.3, -0.25) is 4.79 Å². The van der Waals surface area contributed by atoms with Crippen LogP contribution in [0.1, 0.15) is 17.5 Å². The maximum atomic E-state index is 11.7. The summed E-state index contributed by atoms with van der Waals surface area (Å²) < 4.78 is 0. The molecule has 2 unspecified atom stereocenters. The van der Waals surface area contributed by atoms with Crippen molar-refractivity contribution in [2.24, 2.45) is 5.92 Å². The van der Waals surface area contributed by atoms with Gasteiger partial charge < -0.3 is 15.7 Å². The van der Waals surface area contributed by atoms with Gasteiger partial charge in [-0.05, 0) is 24.1 Å². The van der Waals surface area contributed by atoms with E-state index >= 15 is 0 Å². The molecule has 0 saturated heterocycles. The summed E-state index contributed by atoms with van der Waals surface area (Å²) in [4.78, 5) is 22.5. The van der Waals surface area contributed by atoms with Gasteiger partial charge in [-0.1, -0.05) is 24.3 Å². The third kappa shape index (κ3) is 4.08. The average molecular weight is 285 g/mol. The predicted molar refractivity (Wildman–Crippen MR) is 75.2 cm³/mol. The van der Waals surface area contributed by atoms with Crippen LogP contribution in [0.5, 0.6) is 0 Å². The number of carbonyl (C=O) groups is 2. The summed E-state index contributed by atoms with van der Waals surface area (Å²) in [5.74, 6) is -1.41. The van der Waals surface area contributed by atoms with Crippen LogP contribution >= 0.6 is 0 Å². The molecule has 2 amide bonds. The first-order valence-electron chi connectivity index (χ1n) is 6.53. The smallest absolute Gasteiger partial charge is 0.315 e. The number of hydrogen-bond acceptors (Lipinski definition) is 3. The molecule has 0 spiro atoms. The molecular formula is C15H15N3O3. The van der Waals surface area contributed by atoms with E-state index < -0.39 is 11.9 Å². The van der Waals surface area contributed by atoms with Crippen LogP contribution in [0.15, 0.2) is 36.4 Å². The van der Waals surface area contributed by atoms with Crippen molar-refractivity contribution < 1.29 is 14.7 Å². The summed E-state index contributed by atoms with van der Waals surface area (Å²) >= 11 is 0. The normalized spacial score (nSPS) is 19.8. The minimum Gasteiger partial charge on any atom is -0.481 e. The lowest BCUT2D eigenvalue weighted by atomic mass is 10.1. The SMILES string of the molecule is N#Cc1ccc(CNC(=O)NC2C=CC(C(=O)O)C2)cc1. The van der Waals surface area contributed by atoms with Gasteiger partial charge in [0.2, 0.25) is 0 Å². The second-order valence-corrected chi connectivity index (χ2v) is 4.81. The van der Waals surface area contributed by atoms with Gasteiger partial charge in [0.05, 0.1) is 23.6 Å². The molecule has 108 valence electrons. The fraction of sp³-hybridized carbons (Fsp3) is 0.267. The molecule has 6 nitrogen and oxygen atoms in total. The lowest BCUT2D eigenvalue weighted by Crippen LogP contribution is -2.40. The molecule has 3 N–H and O–H groups in total. The molecule has 6 heteroatoms. The second-order valence-electron chi connectivity index (χ2n) is 4.81. The van der Waals surface area contributed by atoms with Gasteiger partial charge in [0.25, 0.3) is 0 Å². The third-order valence-corrected chi connectivity index (χ3v) is 3.25. The van der Waals surface area contributed by atoms with Crippen molar-refractivity contribution in [1.29, 1.82) is 5.26 Å². The van der Waals surface area contributed by atoms with E-state index in [1.165, 1.54) is 0 Å². The molecular weight excluding hydrogens is 270 g/mol. The molecule has 0 fully saturated rings. The Morgan fingerprint density at radius 2 is 2.00 bits per heavy atom. The second kappa shape index (κ2) is 6.57. The van der Waals surface area contributed by atoms with Crippen molar-refractivity contribution in [1.82, 2.24) is 10.6 Å². The molecule has 1 aliphatic carbocycles. The van der Waals surface area contributed by atoms with Crippen LogP contribution in [-0.2, 0) is 11.3 Å². The summed E-state index contributed by atoms with van der Waals surface area (Å²) in [5, 5.41) is 22.9. The fourth-order valence-corrected chi connectivity index (χ4v) is 2.09. The Hall–Kier alpha value is -2.81. The van der Waals surface area contributed by atoms with Gasteiger partial charge >= 0.3 is 12.0 Å². The van der Waals surface area contributed by atoms with E-state index in [4.69, 9.17) is 10.4 Å². The van der Waals surface area contributed by atoms with Gasteiger partial charge in [0, 0.05) is 6.54 Å². The highest BCUT2D eigenvalue weighted by Gasteiger charge is 2.25. The highest BCUT2D eigenvalue weighted by molar-refractivity contribution is 5.76. The number of amides is 2. The minimum absolute atomic E-state index is 0.257. The van der Waals surface area contributed by atoms with E-state index in [1.807, 2.05) is 6.07 Å². The van der Waals surface area contributed by atoms with Gasteiger partial charge in [-0.25, -0.2) is 4.79 Å². The Balaban J connectivity index is 1.76. The van der Waals surface area contributed by atoms with Crippen molar-refractivity contribution in [3.63, 3.8) is 0 Å². The van der Waals surface area contributed by atoms with Gasteiger partial charge in [-0.2, -0.15) is 5.26 Å². The summed E-state index contributed by atoms with van der Waals surface area (Å²) in [6.45, 7) is 0.344. The highest BCUT2D eigenvalue weighted by atomic mass is 16.4. The number of carboxylic acid groups (broad SMARTS) is 1. The zero-order chi connectivity index (χ0) is 15.2. The molecule has 1 aliphatic rings. The molecule has 21 heavy (non-hydrogen) atoms. The van der Waals surface area contributed by atoms with Crippen LogP contribution in [0.3, 0.4) is 0 Å². The van der Waals surface area contributed by atoms with E-state index in [0.29, 0.717) is 18.5 Å². The Morgan fingerprint density at radius 3 is 2.57 bits per heavy atom. The first kappa shape index (κ1) is 14.6. The lowest BCUT2D eigenvalue weighted by Gasteiger charge is -2.13. The van der Waals surface area contributed by atoms with Crippen molar-refractivity contribution >= 4 is 12.0 Å². The Labute approximate surface area is 122 Å². The summed E-state index contributed by atoms with van der Waals surface area (Å²) in [5.41, 5.74) is 1.45. The predicted octanol–water partition coefficient (Wildman–Crippen LogP) is 1.39. The van der Waals surface area contributed by atoms with Crippen LogP contribution in [0, 0.1) is 17.2 Å². The molecule has 0 aliphatic heterocycles. The molecule has 0 aromatic heterocycles.